The van der Waals surface area contributed by atoms with Crippen LogP contribution in [0, 0.1) is 17.8 Å². The minimum Gasteiger partial charge on any atom is -0.497 e. The number of H-pyrrole nitrogens is 1. The predicted molar refractivity (Wildman–Crippen MR) is 161 cm³/mol. The van der Waals surface area contributed by atoms with Crippen LogP contribution in [0.2, 0.25) is 0 Å². The fourth-order valence-corrected chi connectivity index (χ4v) is 7.76. The summed E-state index contributed by atoms with van der Waals surface area (Å²) in [5.41, 5.74) is 3.83. The minimum atomic E-state index is -0.670. The van der Waals surface area contributed by atoms with Crippen molar-refractivity contribution < 1.29 is 42.7 Å². The number of hydrogen-bond acceptors (Lipinski definition) is 10. The summed E-state index contributed by atoms with van der Waals surface area (Å²) in [6.07, 6.45) is 0.920. The molecule has 2 fully saturated rings. The van der Waals surface area contributed by atoms with Crippen LogP contribution < -0.4 is 18.9 Å². The zero-order chi connectivity index (χ0) is 31.1. The average Bonchev–Trinajstić information content (AvgIpc) is 3.43. The molecule has 1 aromatic heterocycles. The van der Waals surface area contributed by atoms with Crippen LogP contribution >= 0.6 is 0 Å². The molecule has 1 N–H and O–H groups in total. The molecule has 0 unspecified atom stereocenters. The Labute approximate surface area is 256 Å². The number of nitrogens with one attached hydrogen (secondary N) is 1. The molecule has 1 saturated heterocycles. The van der Waals surface area contributed by atoms with Gasteiger partial charge in [0.15, 0.2) is 11.5 Å². The minimum absolute atomic E-state index is 0.0170. The Morgan fingerprint density at radius 2 is 1.66 bits per heavy atom. The lowest BCUT2D eigenvalue weighted by molar-refractivity contribution is -0.176. The molecule has 0 bridgehead atoms. The summed E-state index contributed by atoms with van der Waals surface area (Å²) < 4.78 is 39.1. The van der Waals surface area contributed by atoms with Gasteiger partial charge in [-0.15, -0.1) is 0 Å². The van der Waals surface area contributed by atoms with Gasteiger partial charge >= 0.3 is 11.9 Å². The predicted octanol–water partition coefficient (Wildman–Crippen LogP) is 4.17. The highest BCUT2D eigenvalue weighted by molar-refractivity contribution is 5.91. The van der Waals surface area contributed by atoms with E-state index in [0.29, 0.717) is 23.7 Å². The van der Waals surface area contributed by atoms with Gasteiger partial charge in [0, 0.05) is 42.9 Å². The maximum absolute atomic E-state index is 13.5. The molecule has 0 amide bonds. The van der Waals surface area contributed by atoms with E-state index in [2.05, 4.69) is 16.0 Å². The summed E-state index contributed by atoms with van der Waals surface area (Å²) in [5.74, 6) is 0.441. The van der Waals surface area contributed by atoms with Crippen molar-refractivity contribution >= 4 is 22.8 Å². The Kier molecular flexibility index (Phi) is 8.34. The molecule has 11 nitrogen and oxygen atoms in total. The lowest BCUT2D eigenvalue weighted by atomic mass is 9.63. The Morgan fingerprint density at radius 3 is 2.30 bits per heavy atom. The number of aromatic amines is 1. The van der Waals surface area contributed by atoms with Gasteiger partial charge in [-0.1, -0.05) is 0 Å². The highest BCUT2D eigenvalue weighted by Gasteiger charge is 2.54. The molecule has 1 aliphatic carbocycles. The SMILES string of the molecule is COC(=O)[C@@H]1[C@@H]2C[C@H]3c4[nH]c5cc(OC)ccc5c4CCN3C[C@H]2C[C@@H](OC(=O)c2cc(OC)c(OC)c(OC)c2)[C@@H]1OC. The van der Waals surface area contributed by atoms with Crippen LogP contribution in [-0.2, 0) is 25.4 Å². The first-order chi connectivity index (χ1) is 21.3. The second-order valence-electron chi connectivity index (χ2n) is 11.7. The second-order valence-corrected chi connectivity index (χ2v) is 11.7. The molecular weight excluding hydrogens is 568 g/mol. The van der Waals surface area contributed by atoms with Crippen LogP contribution in [-0.4, -0.2) is 89.8 Å². The third kappa shape index (κ3) is 5.01. The molecular formula is C33H40N2O9. The fraction of sp³-hybridized carbons (Fsp3) is 0.515. The second kappa shape index (κ2) is 12.2. The van der Waals surface area contributed by atoms with Gasteiger partial charge in [0.2, 0.25) is 5.75 Å². The quantitative estimate of drug-likeness (QED) is 0.374. The van der Waals surface area contributed by atoms with Gasteiger partial charge in [0.05, 0.1) is 53.1 Å². The van der Waals surface area contributed by atoms with Crippen LogP contribution in [0.15, 0.2) is 30.3 Å². The first-order valence-corrected chi connectivity index (χ1v) is 14.9. The van der Waals surface area contributed by atoms with E-state index < -0.39 is 24.1 Å². The van der Waals surface area contributed by atoms with E-state index in [1.54, 1.807) is 26.4 Å². The van der Waals surface area contributed by atoms with Crippen molar-refractivity contribution in [2.45, 2.75) is 37.5 Å². The number of methoxy groups -OCH3 is 6. The average molecular weight is 609 g/mol. The van der Waals surface area contributed by atoms with Crippen molar-refractivity contribution in [2.24, 2.45) is 17.8 Å². The van der Waals surface area contributed by atoms with Crippen molar-refractivity contribution in [2.75, 3.05) is 55.7 Å². The van der Waals surface area contributed by atoms with E-state index in [1.165, 1.54) is 45.1 Å². The first-order valence-electron chi connectivity index (χ1n) is 14.9. The molecule has 236 valence electrons. The highest BCUT2D eigenvalue weighted by Crippen LogP contribution is 2.51. The number of carbonyl (C=O) groups excluding carboxylic acids is 2. The Balaban J connectivity index is 1.29. The monoisotopic (exact) mass is 608 g/mol. The molecule has 1 saturated carbocycles. The van der Waals surface area contributed by atoms with Crippen LogP contribution in [0.25, 0.3) is 10.9 Å². The van der Waals surface area contributed by atoms with E-state index in [1.807, 2.05) is 12.1 Å². The molecule has 3 aromatic rings. The number of fused-ring (bicyclic) bond motifs is 6. The number of rotatable bonds is 8. The van der Waals surface area contributed by atoms with E-state index in [4.69, 9.17) is 33.2 Å². The van der Waals surface area contributed by atoms with Gasteiger partial charge in [-0.05, 0) is 60.9 Å². The van der Waals surface area contributed by atoms with Crippen LogP contribution in [0.3, 0.4) is 0 Å². The topological polar surface area (TPSA) is 118 Å². The molecule has 3 heterocycles. The van der Waals surface area contributed by atoms with Gasteiger partial charge in [0.25, 0.3) is 0 Å². The molecule has 6 rings (SSSR count). The lowest BCUT2D eigenvalue weighted by Crippen LogP contribution is -2.58. The van der Waals surface area contributed by atoms with Gasteiger partial charge < -0.3 is 38.1 Å². The summed E-state index contributed by atoms with van der Waals surface area (Å²) in [6.45, 7) is 1.68. The number of ether oxygens (including phenoxy) is 7. The Bertz CT molecular complexity index is 1530. The number of hydrogen-bond donors (Lipinski definition) is 1. The zero-order valence-corrected chi connectivity index (χ0v) is 26.0. The summed E-state index contributed by atoms with van der Waals surface area (Å²) in [5, 5.41) is 1.21. The van der Waals surface area contributed by atoms with Gasteiger partial charge in [-0.25, -0.2) is 4.79 Å². The Morgan fingerprint density at radius 1 is 0.909 bits per heavy atom. The molecule has 0 radical (unpaired) electrons. The fourth-order valence-electron chi connectivity index (χ4n) is 7.76. The summed E-state index contributed by atoms with van der Waals surface area (Å²) >= 11 is 0. The number of carbonyl (C=O) groups is 2. The Hall–Kier alpha value is -3.96. The van der Waals surface area contributed by atoms with E-state index in [9.17, 15) is 9.59 Å². The lowest BCUT2D eigenvalue weighted by Gasteiger charge is -2.52. The molecule has 6 atom stereocenters. The van der Waals surface area contributed by atoms with Crippen LogP contribution in [0.5, 0.6) is 23.0 Å². The van der Waals surface area contributed by atoms with Gasteiger partial charge in [-0.2, -0.15) is 0 Å². The maximum atomic E-state index is 13.5. The molecule has 44 heavy (non-hydrogen) atoms. The number of aromatic nitrogens is 1. The molecule has 2 aromatic carbocycles. The number of nitrogens with zero attached hydrogens (tertiary/aromatic N) is 1. The smallest absolute Gasteiger partial charge is 0.338 e. The molecule has 11 heteroatoms. The maximum Gasteiger partial charge on any atom is 0.338 e. The number of benzene rings is 2. The van der Waals surface area contributed by atoms with Gasteiger partial charge in [-0.3, -0.25) is 9.69 Å². The third-order valence-electron chi connectivity index (χ3n) is 9.76. The molecule has 3 aliphatic rings. The van der Waals surface area contributed by atoms with Crippen molar-refractivity contribution in [3.8, 4) is 23.0 Å². The summed E-state index contributed by atoms with van der Waals surface area (Å²) in [4.78, 5) is 33.1. The van der Waals surface area contributed by atoms with Crippen molar-refractivity contribution in [3.05, 3.63) is 47.2 Å². The van der Waals surface area contributed by atoms with Gasteiger partial charge in [0.1, 0.15) is 18.0 Å². The summed E-state index contributed by atoms with van der Waals surface area (Å²) in [6, 6.07) is 9.40. The first kappa shape index (κ1) is 30.1. The standard InChI is InChI=1S/C33H40N2O9/c1-38-19-7-8-20-21-9-10-35-16-18-13-27(44-32(36)17-11-25(39-2)30(41-4)26(12-17)40-3)31(42-5)28(33(37)43-6)22(18)15-24(35)29(21)34-23(20)14-19/h7-8,11-12,14,18,22,24,27-28,31,34H,9-10,13,15-16H2,1-6H3/t18-,22-,24+,27-,28-,31+/m1/s1. The van der Waals surface area contributed by atoms with E-state index in [-0.39, 0.29) is 29.4 Å². The van der Waals surface area contributed by atoms with Crippen LogP contribution in [0.1, 0.15) is 40.5 Å². The number of esters is 2. The van der Waals surface area contributed by atoms with Crippen molar-refractivity contribution in [1.29, 1.82) is 0 Å². The molecule has 2 aliphatic heterocycles. The largest absolute Gasteiger partial charge is 0.497 e. The van der Waals surface area contributed by atoms with Crippen LogP contribution in [0.4, 0.5) is 0 Å². The molecule has 0 spiro atoms. The number of piperidine rings is 1. The highest BCUT2D eigenvalue weighted by atomic mass is 16.6. The van der Waals surface area contributed by atoms with E-state index in [0.717, 1.165) is 37.2 Å². The van der Waals surface area contributed by atoms with Crippen molar-refractivity contribution in [1.82, 2.24) is 9.88 Å². The zero-order valence-electron chi connectivity index (χ0n) is 26.0. The van der Waals surface area contributed by atoms with E-state index >= 15 is 0 Å². The van der Waals surface area contributed by atoms with Crippen molar-refractivity contribution in [3.63, 3.8) is 0 Å². The normalized spacial score (nSPS) is 26.1. The third-order valence-corrected chi connectivity index (χ3v) is 9.76. The summed E-state index contributed by atoms with van der Waals surface area (Å²) in [7, 11) is 9.10.